The molecule has 8 nitrogen and oxygen atoms in total. The van der Waals surface area contributed by atoms with Gasteiger partial charge in [-0.25, -0.2) is 12.8 Å². The van der Waals surface area contributed by atoms with Crippen molar-refractivity contribution in [1.29, 1.82) is 0 Å². The maximum atomic E-state index is 13.9. The minimum absolute atomic E-state index is 0.262. The van der Waals surface area contributed by atoms with Gasteiger partial charge in [0.05, 0.1) is 0 Å². The number of rotatable bonds is 3. The lowest BCUT2D eigenvalue weighted by Gasteiger charge is -2.34. The van der Waals surface area contributed by atoms with Crippen molar-refractivity contribution in [2.24, 2.45) is 0 Å². The number of hydrogen-bond acceptors (Lipinski definition) is 6. The quantitative estimate of drug-likeness (QED) is 0.685. The third-order valence-electron chi connectivity index (χ3n) is 4.16. The van der Waals surface area contributed by atoms with E-state index in [1.54, 1.807) is 10.6 Å². The van der Waals surface area contributed by atoms with Crippen molar-refractivity contribution in [2.45, 2.75) is 4.90 Å². The highest BCUT2D eigenvalue weighted by Crippen LogP contribution is 2.22. The monoisotopic (exact) mass is 362 g/mol. The Morgan fingerprint density at radius 2 is 1.76 bits per heavy atom. The smallest absolute Gasteiger partial charge is 0.246 e. The standard InChI is InChI=1S/C15H15FN6O2S/c16-12-3-1-2-4-13(12)25(23,24)21-9-7-20(8-10-21)15-6-5-14-18-17-11-22(14)19-15/h1-6,11H,7-10H2. The largest absolute Gasteiger partial charge is 0.353 e. The average molecular weight is 362 g/mol. The van der Waals surface area contributed by atoms with Crippen LogP contribution in [0.15, 0.2) is 47.6 Å². The third-order valence-corrected chi connectivity index (χ3v) is 6.10. The zero-order valence-electron chi connectivity index (χ0n) is 13.2. The Hall–Kier alpha value is -2.59. The summed E-state index contributed by atoms with van der Waals surface area (Å²) in [5.74, 6) is -0.0140. The molecule has 0 unspecified atom stereocenters. The highest BCUT2D eigenvalue weighted by Gasteiger charge is 2.30. The SMILES string of the molecule is O=S(=O)(c1ccccc1F)N1CCN(c2ccc3nncn3n2)CC1. The summed E-state index contributed by atoms with van der Waals surface area (Å²) in [6.45, 7) is 1.46. The van der Waals surface area contributed by atoms with Crippen LogP contribution in [0.25, 0.3) is 5.65 Å². The van der Waals surface area contributed by atoms with Gasteiger partial charge in [0, 0.05) is 26.2 Å². The Morgan fingerprint density at radius 1 is 1.00 bits per heavy atom. The average Bonchev–Trinajstić information content (AvgIpc) is 3.10. The molecule has 130 valence electrons. The summed E-state index contributed by atoms with van der Waals surface area (Å²) < 4.78 is 42.0. The van der Waals surface area contributed by atoms with Crippen molar-refractivity contribution in [2.75, 3.05) is 31.1 Å². The zero-order chi connectivity index (χ0) is 17.4. The van der Waals surface area contributed by atoms with Crippen LogP contribution in [-0.4, -0.2) is 58.7 Å². The summed E-state index contributed by atoms with van der Waals surface area (Å²) in [4.78, 5) is 1.69. The maximum absolute atomic E-state index is 13.9. The van der Waals surface area contributed by atoms with Gasteiger partial charge in [0.2, 0.25) is 10.0 Å². The van der Waals surface area contributed by atoms with Crippen LogP contribution in [-0.2, 0) is 10.0 Å². The van der Waals surface area contributed by atoms with Gasteiger partial charge in [-0.15, -0.1) is 15.3 Å². The molecule has 3 aromatic rings. The molecule has 3 heterocycles. The second-order valence-corrected chi connectivity index (χ2v) is 7.55. The molecule has 1 aliphatic heterocycles. The summed E-state index contributed by atoms with van der Waals surface area (Å²) in [5, 5.41) is 12.1. The van der Waals surface area contributed by atoms with Crippen LogP contribution in [0, 0.1) is 5.82 Å². The summed E-state index contributed by atoms with van der Waals surface area (Å²) in [5.41, 5.74) is 0.643. The minimum atomic E-state index is -3.84. The molecule has 25 heavy (non-hydrogen) atoms. The van der Waals surface area contributed by atoms with Crippen LogP contribution in [0.5, 0.6) is 0 Å². The number of anilines is 1. The van der Waals surface area contributed by atoms with Crippen molar-refractivity contribution in [3.63, 3.8) is 0 Å². The number of nitrogens with zero attached hydrogens (tertiary/aromatic N) is 6. The third kappa shape index (κ3) is 2.83. The van der Waals surface area contributed by atoms with E-state index in [0.29, 0.717) is 18.7 Å². The van der Waals surface area contributed by atoms with E-state index in [1.165, 1.54) is 28.8 Å². The molecule has 0 aliphatic carbocycles. The highest BCUT2D eigenvalue weighted by molar-refractivity contribution is 7.89. The van der Waals surface area contributed by atoms with Crippen LogP contribution in [0.1, 0.15) is 0 Å². The van der Waals surface area contributed by atoms with Crippen LogP contribution in [0.3, 0.4) is 0 Å². The molecule has 0 bridgehead atoms. The zero-order valence-corrected chi connectivity index (χ0v) is 14.0. The van der Waals surface area contributed by atoms with Gasteiger partial charge in [0.1, 0.15) is 22.9 Å². The van der Waals surface area contributed by atoms with Gasteiger partial charge in [-0.1, -0.05) is 12.1 Å². The molecule has 1 aliphatic rings. The summed E-state index contributed by atoms with van der Waals surface area (Å²) in [6.07, 6.45) is 1.51. The fraction of sp³-hybridized carbons (Fsp3) is 0.267. The van der Waals surface area contributed by atoms with E-state index < -0.39 is 15.8 Å². The lowest BCUT2D eigenvalue weighted by molar-refractivity contribution is 0.381. The van der Waals surface area contributed by atoms with E-state index in [2.05, 4.69) is 15.3 Å². The van der Waals surface area contributed by atoms with Crippen LogP contribution >= 0.6 is 0 Å². The van der Waals surface area contributed by atoms with E-state index in [4.69, 9.17) is 0 Å². The number of sulfonamides is 1. The lowest BCUT2D eigenvalue weighted by atomic mass is 10.3. The first-order valence-corrected chi connectivity index (χ1v) is 9.16. The normalized spacial score (nSPS) is 16.4. The van der Waals surface area contributed by atoms with E-state index in [0.717, 1.165) is 11.9 Å². The molecule has 1 saturated heterocycles. The predicted octanol–water partition coefficient (Wildman–Crippen LogP) is 0.774. The summed E-state index contributed by atoms with van der Waals surface area (Å²) in [7, 11) is -3.84. The molecule has 0 radical (unpaired) electrons. The summed E-state index contributed by atoms with van der Waals surface area (Å²) >= 11 is 0. The van der Waals surface area contributed by atoms with Crippen LogP contribution < -0.4 is 4.90 Å². The molecule has 0 N–H and O–H groups in total. The van der Waals surface area contributed by atoms with Gasteiger partial charge in [-0.2, -0.15) is 8.82 Å². The number of halogens is 1. The van der Waals surface area contributed by atoms with Crippen molar-refractivity contribution in [1.82, 2.24) is 24.1 Å². The van der Waals surface area contributed by atoms with Gasteiger partial charge < -0.3 is 4.90 Å². The first kappa shape index (κ1) is 15.9. The van der Waals surface area contributed by atoms with Crippen molar-refractivity contribution in [3.05, 3.63) is 48.5 Å². The van der Waals surface area contributed by atoms with Gasteiger partial charge >= 0.3 is 0 Å². The molecule has 10 heteroatoms. The topological polar surface area (TPSA) is 83.7 Å². The van der Waals surface area contributed by atoms with Gasteiger partial charge in [-0.3, -0.25) is 0 Å². The fourth-order valence-electron chi connectivity index (χ4n) is 2.84. The Kier molecular flexibility index (Phi) is 3.85. The van der Waals surface area contributed by atoms with Crippen LogP contribution in [0.4, 0.5) is 10.2 Å². The molecule has 0 amide bonds. The number of piperazine rings is 1. The minimum Gasteiger partial charge on any atom is -0.353 e. The molecular formula is C15H15FN6O2S. The fourth-order valence-corrected chi connectivity index (χ4v) is 4.32. The molecule has 0 spiro atoms. The molecule has 2 aromatic heterocycles. The number of hydrogen-bond donors (Lipinski definition) is 0. The van der Waals surface area contributed by atoms with E-state index in [-0.39, 0.29) is 18.0 Å². The maximum Gasteiger partial charge on any atom is 0.246 e. The lowest BCUT2D eigenvalue weighted by Crippen LogP contribution is -2.49. The Bertz CT molecular complexity index is 1010. The van der Waals surface area contributed by atoms with E-state index in [1.807, 2.05) is 11.0 Å². The molecule has 1 fully saturated rings. The highest BCUT2D eigenvalue weighted by atomic mass is 32.2. The second-order valence-electron chi connectivity index (χ2n) is 5.65. The Balaban J connectivity index is 1.52. The van der Waals surface area contributed by atoms with Crippen molar-refractivity contribution < 1.29 is 12.8 Å². The Morgan fingerprint density at radius 3 is 2.52 bits per heavy atom. The van der Waals surface area contributed by atoms with Gasteiger partial charge in [-0.05, 0) is 24.3 Å². The summed E-state index contributed by atoms with van der Waals surface area (Å²) in [6, 6.07) is 9.06. The molecule has 0 saturated carbocycles. The van der Waals surface area contributed by atoms with Crippen LogP contribution in [0.2, 0.25) is 0 Å². The predicted molar refractivity (Wildman–Crippen MR) is 88.2 cm³/mol. The molecule has 1 aromatic carbocycles. The van der Waals surface area contributed by atoms with Crippen molar-refractivity contribution in [3.8, 4) is 0 Å². The first-order chi connectivity index (χ1) is 12.1. The molecular weight excluding hydrogens is 347 g/mol. The number of aromatic nitrogens is 4. The van der Waals surface area contributed by atoms with Crippen molar-refractivity contribution >= 4 is 21.5 Å². The van der Waals surface area contributed by atoms with E-state index in [9.17, 15) is 12.8 Å². The number of fused-ring (bicyclic) bond motifs is 1. The van der Waals surface area contributed by atoms with E-state index >= 15 is 0 Å². The second kappa shape index (κ2) is 6.05. The first-order valence-electron chi connectivity index (χ1n) is 7.72. The van der Waals surface area contributed by atoms with Gasteiger partial charge in [0.15, 0.2) is 5.65 Å². The van der Waals surface area contributed by atoms with Gasteiger partial charge in [0.25, 0.3) is 0 Å². The molecule has 0 atom stereocenters. The number of benzene rings is 1. The molecule has 4 rings (SSSR count). The Labute approximate surface area is 143 Å².